The molecule has 4 nitrogen and oxygen atoms in total. The third-order valence-corrected chi connectivity index (χ3v) is 3.01. The van der Waals surface area contributed by atoms with E-state index in [1.54, 1.807) is 6.20 Å². The summed E-state index contributed by atoms with van der Waals surface area (Å²) in [5.74, 6) is 0.623. The van der Waals surface area contributed by atoms with Gasteiger partial charge in [0.2, 0.25) is 5.88 Å². The first-order valence-corrected chi connectivity index (χ1v) is 5.97. The lowest BCUT2D eigenvalue weighted by Crippen LogP contribution is -2.38. The normalized spacial score (nSPS) is 21.3. The van der Waals surface area contributed by atoms with E-state index in [1.165, 1.54) is 25.6 Å². The Bertz CT molecular complexity index is 315. The predicted molar refractivity (Wildman–Crippen MR) is 60.9 cm³/mol. The van der Waals surface area contributed by atoms with Crippen LogP contribution in [-0.4, -0.2) is 29.2 Å². The van der Waals surface area contributed by atoms with Gasteiger partial charge in [0, 0.05) is 12.2 Å². The van der Waals surface area contributed by atoms with E-state index in [-0.39, 0.29) is 0 Å². The highest BCUT2D eigenvalue weighted by Gasteiger charge is 2.13. The first-order valence-electron chi connectivity index (χ1n) is 5.18. The lowest BCUT2D eigenvalue weighted by molar-refractivity contribution is 0.230. The number of nitrogens with one attached hydrogen (secondary N) is 1. The third-order valence-electron chi connectivity index (χ3n) is 2.47. The molecule has 1 fully saturated rings. The van der Waals surface area contributed by atoms with Crippen molar-refractivity contribution in [1.82, 2.24) is 15.3 Å². The summed E-state index contributed by atoms with van der Waals surface area (Å²) in [7, 11) is 0. The van der Waals surface area contributed by atoms with Crippen molar-refractivity contribution in [3.63, 3.8) is 0 Å². The Morgan fingerprint density at radius 1 is 1.53 bits per heavy atom. The van der Waals surface area contributed by atoms with E-state index in [1.807, 2.05) is 0 Å². The Labute approximate surface area is 97.6 Å². The number of halogens is 1. The van der Waals surface area contributed by atoms with Crippen LogP contribution in [0, 0.1) is 0 Å². The monoisotopic (exact) mass is 271 g/mol. The second-order valence-corrected chi connectivity index (χ2v) is 4.49. The van der Waals surface area contributed by atoms with Crippen molar-refractivity contribution in [3.05, 3.63) is 17.0 Å². The minimum absolute atomic E-state index is 0.459. The Kier molecular flexibility index (Phi) is 3.91. The molecule has 1 unspecified atom stereocenters. The average Bonchev–Trinajstić information content (AvgIpc) is 2.29. The molecule has 1 aliphatic rings. The van der Waals surface area contributed by atoms with Crippen LogP contribution in [0.5, 0.6) is 5.88 Å². The number of hydrogen-bond acceptors (Lipinski definition) is 4. The molecular formula is C10H14BrN3O. The van der Waals surface area contributed by atoms with Crippen molar-refractivity contribution in [1.29, 1.82) is 0 Å². The smallest absolute Gasteiger partial charge is 0.231 e. The second kappa shape index (κ2) is 5.42. The molecule has 0 aromatic carbocycles. The highest BCUT2D eigenvalue weighted by Crippen LogP contribution is 2.20. The fourth-order valence-electron chi connectivity index (χ4n) is 1.65. The van der Waals surface area contributed by atoms with Crippen LogP contribution in [0.2, 0.25) is 0 Å². The maximum Gasteiger partial charge on any atom is 0.231 e. The summed E-state index contributed by atoms with van der Waals surface area (Å²) in [5.41, 5.74) is 0. The summed E-state index contributed by atoms with van der Waals surface area (Å²) in [6, 6.07) is 0.459. The number of piperidine rings is 1. The van der Waals surface area contributed by atoms with Gasteiger partial charge in [-0.2, -0.15) is 0 Å². The minimum atomic E-state index is 0.459. The number of aromatic nitrogens is 2. The summed E-state index contributed by atoms with van der Waals surface area (Å²) >= 11 is 3.35. The van der Waals surface area contributed by atoms with Gasteiger partial charge in [-0.15, -0.1) is 0 Å². The molecule has 0 aliphatic carbocycles. The standard InChI is InChI=1S/C10H14BrN3O/c11-9-5-12-7-14-10(9)15-6-8-3-1-2-4-13-8/h5,7-8,13H,1-4,6H2. The highest BCUT2D eigenvalue weighted by molar-refractivity contribution is 9.10. The van der Waals surface area contributed by atoms with Gasteiger partial charge in [-0.1, -0.05) is 6.42 Å². The highest BCUT2D eigenvalue weighted by atomic mass is 79.9. The molecule has 2 heterocycles. The number of ether oxygens (including phenoxy) is 1. The quantitative estimate of drug-likeness (QED) is 0.910. The van der Waals surface area contributed by atoms with E-state index in [4.69, 9.17) is 4.74 Å². The van der Waals surface area contributed by atoms with Crippen LogP contribution < -0.4 is 10.1 Å². The van der Waals surface area contributed by atoms with Gasteiger partial charge >= 0.3 is 0 Å². The Morgan fingerprint density at radius 3 is 3.20 bits per heavy atom. The lowest BCUT2D eigenvalue weighted by atomic mass is 10.1. The third kappa shape index (κ3) is 3.14. The summed E-state index contributed by atoms with van der Waals surface area (Å²) in [6.07, 6.45) is 6.92. The topological polar surface area (TPSA) is 47.0 Å². The molecule has 1 aromatic heterocycles. The van der Waals surface area contributed by atoms with Crippen LogP contribution in [0.15, 0.2) is 17.0 Å². The van der Waals surface area contributed by atoms with Gasteiger partial charge in [0.05, 0.1) is 4.47 Å². The van der Waals surface area contributed by atoms with Gasteiger partial charge in [-0.25, -0.2) is 9.97 Å². The molecule has 0 spiro atoms. The van der Waals surface area contributed by atoms with Gasteiger partial charge in [0.25, 0.3) is 0 Å². The van der Waals surface area contributed by atoms with Crippen molar-refractivity contribution in [2.24, 2.45) is 0 Å². The zero-order valence-corrected chi connectivity index (χ0v) is 10.0. The summed E-state index contributed by atoms with van der Waals surface area (Å²) in [6.45, 7) is 1.77. The molecule has 1 saturated heterocycles. The summed E-state index contributed by atoms with van der Waals surface area (Å²) < 4.78 is 6.42. The van der Waals surface area contributed by atoms with Crippen LogP contribution >= 0.6 is 15.9 Å². The lowest BCUT2D eigenvalue weighted by Gasteiger charge is -2.23. The van der Waals surface area contributed by atoms with E-state index < -0.39 is 0 Å². The number of rotatable bonds is 3. The molecule has 0 bridgehead atoms. The molecular weight excluding hydrogens is 258 g/mol. The SMILES string of the molecule is Brc1cncnc1OCC1CCCCN1. The fraction of sp³-hybridized carbons (Fsp3) is 0.600. The predicted octanol–water partition coefficient (Wildman–Crippen LogP) is 1.76. The molecule has 5 heteroatoms. The van der Waals surface area contributed by atoms with Crippen molar-refractivity contribution in [2.45, 2.75) is 25.3 Å². The molecule has 1 aromatic rings. The van der Waals surface area contributed by atoms with Crippen LogP contribution in [0.1, 0.15) is 19.3 Å². The molecule has 0 amide bonds. The van der Waals surface area contributed by atoms with E-state index in [0.717, 1.165) is 11.0 Å². The zero-order chi connectivity index (χ0) is 10.5. The van der Waals surface area contributed by atoms with Gasteiger partial charge in [0.1, 0.15) is 12.9 Å². The maximum absolute atomic E-state index is 5.62. The van der Waals surface area contributed by atoms with Crippen molar-refractivity contribution in [2.75, 3.05) is 13.2 Å². The fourth-order valence-corrected chi connectivity index (χ4v) is 1.99. The number of nitrogens with zero attached hydrogens (tertiary/aromatic N) is 2. The molecule has 2 rings (SSSR count). The van der Waals surface area contributed by atoms with Crippen molar-refractivity contribution in [3.8, 4) is 5.88 Å². The molecule has 1 aliphatic heterocycles. The van der Waals surface area contributed by atoms with Gasteiger partial charge in [-0.05, 0) is 35.3 Å². The Balaban J connectivity index is 1.84. The maximum atomic E-state index is 5.62. The van der Waals surface area contributed by atoms with E-state index in [9.17, 15) is 0 Å². The van der Waals surface area contributed by atoms with Crippen LogP contribution in [-0.2, 0) is 0 Å². The molecule has 1 N–H and O–H groups in total. The summed E-state index contributed by atoms with van der Waals surface area (Å²) in [5, 5.41) is 3.43. The summed E-state index contributed by atoms with van der Waals surface area (Å²) in [4.78, 5) is 7.94. The first kappa shape index (κ1) is 10.8. The van der Waals surface area contributed by atoms with Crippen molar-refractivity contribution < 1.29 is 4.74 Å². The molecule has 15 heavy (non-hydrogen) atoms. The minimum Gasteiger partial charge on any atom is -0.475 e. The van der Waals surface area contributed by atoms with E-state index in [2.05, 4.69) is 31.2 Å². The van der Waals surface area contributed by atoms with Crippen LogP contribution in [0.4, 0.5) is 0 Å². The average molecular weight is 272 g/mol. The Morgan fingerprint density at radius 2 is 2.47 bits per heavy atom. The van der Waals surface area contributed by atoms with Gasteiger partial charge in [-0.3, -0.25) is 0 Å². The van der Waals surface area contributed by atoms with Crippen molar-refractivity contribution >= 4 is 15.9 Å². The second-order valence-electron chi connectivity index (χ2n) is 3.63. The van der Waals surface area contributed by atoms with Gasteiger partial charge < -0.3 is 10.1 Å². The Hall–Kier alpha value is -0.680. The van der Waals surface area contributed by atoms with Crippen LogP contribution in [0.3, 0.4) is 0 Å². The molecule has 0 saturated carbocycles. The van der Waals surface area contributed by atoms with Crippen LogP contribution in [0.25, 0.3) is 0 Å². The van der Waals surface area contributed by atoms with E-state index >= 15 is 0 Å². The largest absolute Gasteiger partial charge is 0.475 e. The molecule has 0 radical (unpaired) electrons. The van der Waals surface area contributed by atoms with E-state index in [0.29, 0.717) is 18.5 Å². The number of hydrogen-bond donors (Lipinski definition) is 1. The van der Waals surface area contributed by atoms with Gasteiger partial charge in [0.15, 0.2) is 0 Å². The molecule has 82 valence electrons. The first-order chi connectivity index (χ1) is 7.36. The zero-order valence-electron chi connectivity index (χ0n) is 8.45. The molecule has 1 atom stereocenters.